The molecule has 0 aliphatic carbocycles. The second-order valence-electron chi connectivity index (χ2n) is 4.26. The lowest BCUT2D eigenvalue weighted by atomic mass is 10.1. The van der Waals surface area contributed by atoms with Crippen LogP contribution in [0.15, 0.2) is 6.20 Å². The van der Waals surface area contributed by atoms with Crippen LogP contribution in [0.25, 0.3) is 10.9 Å². The number of carbonyl (C=O) groups is 1. The van der Waals surface area contributed by atoms with Gasteiger partial charge in [-0.3, -0.25) is 4.68 Å². The minimum absolute atomic E-state index is 0.326. The maximum Gasteiger partial charge on any atom is 0.341 e. The Hall–Kier alpha value is -2.11. The summed E-state index contributed by atoms with van der Waals surface area (Å²) in [5.74, 6) is 0.121. The molecule has 0 N–H and O–H groups in total. The number of hydrogen-bond acceptors (Lipinski definition) is 5. The molecule has 2 aromatic heterocycles. The number of carbonyl (C=O) groups excluding carboxylic acids is 1. The van der Waals surface area contributed by atoms with E-state index in [9.17, 15) is 4.79 Å². The Morgan fingerprint density at radius 1 is 1.30 bits per heavy atom. The fraction of sp³-hybridized carbons (Fsp3) is 0.500. The summed E-state index contributed by atoms with van der Waals surface area (Å²) in [7, 11) is 0. The zero-order valence-corrected chi connectivity index (χ0v) is 12.3. The van der Waals surface area contributed by atoms with Gasteiger partial charge in [0.2, 0.25) is 5.88 Å². The summed E-state index contributed by atoms with van der Waals surface area (Å²) in [5.41, 5.74) is 1.94. The van der Waals surface area contributed by atoms with Crippen LogP contribution >= 0.6 is 0 Å². The first-order valence-electron chi connectivity index (χ1n) is 6.79. The van der Waals surface area contributed by atoms with Gasteiger partial charge in [0.15, 0.2) is 0 Å². The number of hydrogen-bond donors (Lipinski definition) is 0. The normalized spacial score (nSPS) is 10.8. The molecule has 0 atom stereocenters. The average molecular weight is 277 g/mol. The quantitative estimate of drug-likeness (QED) is 0.785. The number of aryl methyl sites for hydroxylation is 2. The smallest absolute Gasteiger partial charge is 0.341 e. The van der Waals surface area contributed by atoms with Gasteiger partial charge in [-0.25, -0.2) is 9.78 Å². The van der Waals surface area contributed by atoms with E-state index < -0.39 is 0 Å². The Labute approximate surface area is 117 Å². The molecule has 2 rings (SSSR count). The van der Waals surface area contributed by atoms with Crippen LogP contribution < -0.4 is 4.74 Å². The number of esters is 1. The molecule has 2 aromatic rings. The molecule has 20 heavy (non-hydrogen) atoms. The highest BCUT2D eigenvalue weighted by Gasteiger charge is 2.21. The van der Waals surface area contributed by atoms with Crippen molar-refractivity contribution in [1.29, 1.82) is 0 Å². The van der Waals surface area contributed by atoms with E-state index in [0.717, 1.165) is 16.6 Å². The molecule has 2 heterocycles. The molecule has 0 amide bonds. The molecule has 0 spiro atoms. The zero-order valence-electron chi connectivity index (χ0n) is 12.3. The third-order valence-corrected chi connectivity index (χ3v) is 2.98. The lowest BCUT2D eigenvalue weighted by molar-refractivity contribution is 0.0527. The maximum absolute atomic E-state index is 12.1. The SMILES string of the molecule is CCOC(=O)c1cnc(OCC)c2c(C)nn(CC)c12. The van der Waals surface area contributed by atoms with Crippen molar-refractivity contribution in [2.45, 2.75) is 34.2 Å². The lowest BCUT2D eigenvalue weighted by Crippen LogP contribution is -2.09. The molecular formula is C14H19N3O3. The highest BCUT2D eigenvalue weighted by molar-refractivity contribution is 6.04. The van der Waals surface area contributed by atoms with E-state index in [4.69, 9.17) is 9.47 Å². The average Bonchev–Trinajstić information content (AvgIpc) is 2.77. The van der Waals surface area contributed by atoms with E-state index >= 15 is 0 Å². The van der Waals surface area contributed by atoms with Crippen molar-refractivity contribution in [1.82, 2.24) is 14.8 Å². The van der Waals surface area contributed by atoms with Crippen LogP contribution in [0.5, 0.6) is 5.88 Å². The summed E-state index contributed by atoms with van der Waals surface area (Å²) in [4.78, 5) is 16.3. The Morgan fingerprint density at radius 2 is 2.05 bits per heavy atom. The Morgan fingerprint density at radius 3 is 2.65 bits per heavy atom. The summed E-state index contributed by atoms with van der Waals surface area (Å²) in [6.45, 7) is 9.03. The highest BCUT2D eigenvalue weighted by atomic mass is 16.5. The van der Waals surface area contributed by atoms with Gasteiger partial charge in [0.1, 0.15) is 5.56 Å². The van der Waals surface area contributed by atoms with Crippen molar-refractivity contribution in [2.75, 3.05) is 13.2 Å². The fourth-order valence-electron chi connectivity index (χ4n) is 2.19. The minimum Gasteiger partial charge on any atom is -0.477 e. The molecule has 0 unspecified atom stereocenters. The molecule has 6 nitrogen and oxygen atoms in total. The summed E-state index contributed by atoms with van der Waals surface area (Å²) >= 11 is 0. The first-order chi connectivity index (χ1) is 9.63. The Balaban J connectivity index is 2.71. The van der Waals surface area contributed by atoms with E-state index in [1.54, 1.807) is 11.6 Å². The predicted molar refractivity (Wildman–Crippen MR) is 75.1 cm³/mol. The summed E-state index contributed by atoms with van der Waals surface area (Å²) in [5, 5.41) is 5.22. The highest BCUT2D eigenvalue weighted by Crippen LogP contribution is 2.29. The van der Waals surface area contributed by atoms with Crippen molar-refractivity contribution < 1.29 is 14.3 Å². The van der Waals surface area contributed by atoms with Crippen LogP contribution in [0.2, 0.25) is 0 Å². The number of nitrogens with zero attached hydrogens (tertiary/aromatic N) is 3. The van der Waals surface area contributed by atoms with Gasteiger partial charge in [-0.2, -0.15) is 5.10 Å². The molecule has 6 heteroatoms. The summed E-state index contributed by atoms with van der Waals surface area (Å²) in [6, 6.07) is 0. The minimum atomic E-state index is -0.386. The van der Waals surface area contributed by atoms with E-state index in [-0.39, 0.29) is 5.97 Å². The van der Waals surface area contributed by atoms with Crippen LogP contribution in [0.4, 0.5) is 0 Å². The number of fused-ring (bicyclic) bond motifs is 1. The lowest BCUT2D eigenvalue weighted by Gasteiger charge is -2.09. The van der Waals surface area contributed by atoms with Crippen molar-refractivity contribution >= 4 is 16.9 Å². The first kappa shape index (κ1) is 14.3. The van der Waals surface area contributed by atoms with Crippen molar-refractivity contribution in [3.63, 3.8) is 0 Å². The zero-order chi connectivity index (χ0) is 14.7. The standard InChI is InChI=1S/C14H19N3O3/c1-5-17-12-10(14(18)20-7-3)8-15-13(19-6-2)11(12)9(4)16-17/h8H,5-7H2,1-4H3. The molecule has 0 radical (unpaired) electrons. The molecule has 0 aliphatic rings. The van der Waals surface area contributed by atoms with Gasteiger partial charge in [-0.1, -0.05) is 0 Å². The van der Waals surface area contributed by atoms with Gasteiger partial charge in [-0.15, -0.1) is 0 Å². The first-order valence-corrected chi connectivity index (χ1v) is 6.79. The van der Waals surface area contributed by atoms with E-state index in [0.29, 0.717) is 31.2 Å². The van der Waals surface area contributed by atoms with E-state index in [1.807, 2.05) is 20.8 Å². The number of pyridine rings is 1. The van der Waals surface area contributed by atoms with E-state index in [2.05, 4.69) is 10.1 Å². The van der Waals surface area contributed by atoms with Gasteiger partial charge in [0, 0.05) is 12.7 Å². The maximum atomic E-state index is 12.1. The van der Waals surface area contributed by atoms with E-state index in [1.165, 1.54) is 6.20 Å². The number of aromatic nitrogens is 3. The Kier molecular flexibility index (Phi) is 4.22. The molecule has 108 valence electrons. The third kappa shape index (κ3) is 2.33. The molecule has 0 bridgehead atoms. The second kappa shape index (κ2) is 5.90. The molecule has 0 saturated carbocycles. The van der Waals surface area contributed by atoms with Crippen LogP contribution in [-0.4, -0.2) is 33.9 Å². The summed E-state index contributed by atoms with van der Waals surface area (Å²) in [6.07, 6.45) is 1.50. The van der Waals surface area contributed by atoms with Crippen LogP contribution in [0.1, 0.15) is 36.8 Å². The van der Waals surface area contributed by atoms with Crippen LogP contribution in [0.3, 0.4) is 0 Å². The van der Waals surface area contributed by atoms with Gasteiger partial charge in [0.05, 0.1) is 29.8 Å². The topological polar surface area (TPSA) is 66.2 Å². The summed E-state index contributed by atoms with van der Waals surface area (Å²) < 4.78 is 12.4. The van der Waals surface area contributed by atoms with Crippen LogP contribution in [-0.2, 0) is 11.3 Å². The third-order valence-electron chi connectivity index (χ3n) is 2.98. The predicted octanol–water partition coefficient (Wildman–Crippen LogP) is 2.34. The van der Waals surface area contributed by atoms with Crippen molar-refractivity contribution in [3.05, 3.63) is 17.5 Å². The van der Waals surface area contributed by atoms with Crippen molar-refractivity contribution in [2.24, 2.45) is 0 Å². The molecule has 0 fully saturated rings. The molecular weight excluding hydrogens is 258 g/mol. The largest absolute Gasteiger partial charge is 0.477 e. The molecule has 0 aliphatic heterocycles. The Bertz CT molecular complexity index is 634. The van der Waals surface area contributed by atoms with Crippen LogP contribution in [0, 0.1) is 6.92 Å². The van der Waals surface area contributed by atoms with Gasteiger partial charge in [-0.05, 0) is 27.7 Å². The number of rotatable bonds is 5. The van der Waals surface area contributed by atoms with Gasteiger partial charge in [0.25, 0.3) is 0 Å². The van der Waals surface area contributed by atoms with Crippen molar-refractivity contribution in [3.8, 4) is 5.88 Å². The number of ether oxygens (including phenoxy) is 2. The van der Waals surface area contributed by atoms with Gasteiger partial charge < -0.3 is 9.47 Å². The fourth-order valence-corrected chi connectivity index (χ4v) is 2.19. The molecule has 0 aromatic carbocycles. The van der Waals surface area contributed by atoms with Gasteiger partial charge >= 0.3 is 5.97 Å². The second-order valence-corrected chi connectivity index (χ2v) is 4.26. The monoisotopic (exact) mass is 277 g/mol. The molecule has 0 saturated heterocycles.